The minimum absolute atomic E-state index is 0.777. The minimum atomic E-state index is 0.777. The molecule has 0 aliphatic carbocycles. The molecule has 0 spiro atoms. The summed E-state index contributed by atoms with van der Waals surface area (Å²) >= 11 is 1.74. The highest BCUT2D eigenvalue weighted by Crippen LogP contribution is 2.37. The van der Waals surface area contributed by atoms with Gasteiger partial charge in [-0.1, -0.05) is 13.5 Å². The van der Waals surface area contributed by atoms with Crippen molar-refractivity contribution in [2.75, 3.05) is 6.54 Å². The summed E-state index contributed by atoms with van der Waals surface area (Å²) in [5.41, 5.74) is 8.63. The van der Waals surface area contributed by atoms with E-state index in [-0.39, 0.29) is 0 Å². The highest BCUT2D eigenvalue weighted by atomic mass is 32.1. The predicted octanol–water partition coefficient (Wildman–Crippen LogP) is 6.43. The van der Waals surface area contributed by atoms with E-state index < -0.39 is 0 Å². The monoisotopic (exact) mass is 491 g/mol. The third kappa shape index (κ3) is 4.00. The summed E-state index contributed by atoms with van der Waals surface area (Å²) in [7, 11) is 0. The van der Waals surface area contributed by atoms with Gasteiger partial charge in [-0.05, 0) is 61.0 Å². The summed E-state index contributed by atoms with van der Waals surface area (Å²) in [5.74, 6) is 0. The summed E-state index contributed by atoms with van der Waals surface area (Å²) in [6.45, 7) is 9.89. The molecule has 0 unspecified atom stereocenters. The van der Waals surface area contributed by atoms with E-state index in [4.69, 9.17) is 0 Å². The number of aromatic nitrogens is 6. The second kappa shape index (κ2) is 9.14. The summed E-state index contributed by atoms with van der Waals surface area (Å²) < 4.78 is 0. The van der Waals surface area contributed by atoms with Crippen molar-refractivity contribution < 1.29 is 0 Å². The molecule has 0 atom stereocenters. The lowest BCUT2D eigenvalue weighted by molar-refractivity contribution is 0.724. The molecule has 0 amide bonds. The van der Waals surface area contributed by atoms with Crippen molar-refractivity contribution in [3.8, 4) is 33.1 Å². The molecule has 0 radical (unpaired) electrons. The van der Waals surface area contributed by atoms with Crippen LogP contribution in [0.25, 0.3) is 60.6 Å². The van der Waals surface area contributed by atoms with Crippen molar-refractivity contribution in [2.24, 2.45) is 0 Å². The fourth-order valence-electron chi connectivity index (χ4n) is 4.35. The third-order valence-corrected chi connectivity index (χ3v) is 7.48. The van der Waals surface area contributed by atoms with E-state index in [2.05, 4.69) is 85.4 Å². The highest BCUT2D eigenvalue weighted by molar-refractivity contribution is 7.16. The van der Waals surface area contributed by atoms with Gasteiger partial charge in [0.25, 0.3) is 0 Å². The number of rotatable bonds is 7. The Morgan fingerprint density at radius 2 is 1.97 bits per heavy atom. The van der Waals surface area contributed by atoms with Gasteiger partial charge in [-0.2, -0.15) is 5.10 Å². The Labute approximate surface area is 212 Å². The molecule has 8 heteroatoms. The molecule has 36 heavy (non-hydrogen) atoms. The Bertz CT molecular complexity index is 1720. The first-order chi connectivity index (χ1) is 17.6. The Hall–Kier alpha value is -4.14. The lowest BCUT2D eigenvalue weighted by atomic mass is 10.1. The lowest BCUT2D eigenvalue weighted by Gasteiger charge is -2.05. The fourth-order valence-corrected chi connectivity index (χ4v) is 5.33. The zero-order chi connectivity index (χ0) is 24.6. The fraction of sp³-hybridized carbons (Fsp3) is 0.143. The number of nitrogens with zero attached hydrogens (tertiary/aromatic N) is 4. The van der Waals surface area contributed by atoms with Crippen molar-refractivity contribution in [1.82, 2.24) is 35.5 Å². The van der Waals surface area contributed by atoms with Gasteiger partial charge >= 0.3 is 0 Å². The number of H-pyrrole nitrogens is 2. The molecule has 0 fully saturated rings. The maximum absolute atomic E-state index is 4.66. The van der Waals surface area contributed by atoms with Crippen molar-refractivity contribution >= 4 is 38.8 Å². The first-order valence-electron chi connectivity index (χ1n) is 11.8. The number of fused-ring (bicyclic) bond motifs is 2. The van der Waals surface area contributed by atoms with Crippen LogP contribution in [0, 0.1) is 0 Å². The molecule has 6 aromatic heterocycles. The average molecular weight is 492 g/mol. The van der Waals surface area contributed by atoms with Gasteiger partial charge in [0.2, 0.25) is 0 Å². The second-order valence-corrected chi connectivity index (χ2v) is 9.88. The summed E-state index contributed by atoms with van der Waals surface area (Å²) in [6.07, 6.45) is 7.41. The van der Waals surface area contributed by atoms with Gasteiger partial charge in [-0.3, -0.25) is 15.1 Å². The smallest absolute Gasteiger partial charge is 0.138 e. The number of aromatic amines is 2. The lowest BCUT2D eigenvalue weighted by Crippen LogP contribution is -2.11. The van der Waals surface area contributed by atoms with E-state index in [1.54, 1.807) is 11.3 Å². The van der Waals surface area contributed by atoms with Gasteiger partial charge in [0.05, 0.1) is 23.1 Å². The summed E-state index contributed by atoms with van der Waals surface area (Å²) in [5, 5.41) is 13.2. The number of pyridine rings is 3. The summed E-state index contributed by atoms with van der Waals surface area (Å²) in [4.78, 5) is 19.5. The molecule has 0 aliphatic heterocycles. The van der Waals surface area contributed by atoms with E-state index in [1.807, 2.05) is 31.7 Å². The molecule has 0 aromatic carbocycles. The van der Waals surface area contributed by atoms with E-state index in [1.165, 1.54) is 9.75 Å². The molecule has 178 valence electrons. The van der Waals surface area contributed by atoms with Crippen LogP contribution in [0.15, 0.2) is 67.8 Å². The largest absolute Gasteiger partial charge is 0.338 e. The van der Waals surface area contributed by atoms with Crippen molar-refractivity contribution in [3.05, 3.63) is 78.2 Å². The molecular formula is C28H25N7S. The SMILES string of the molecule is C=C(C)c1ccc(-c2ccnc3[nH]c(-c4n[nH]c5cnc(-c6cncc(CNCC)c6)cc45)cc23)s1. The summed E-state index contributed by atoms with van der Waals surface area (Å²) in [6, 6.07) is 12.7. The number of thiophene rings is 1. The average Bonchev–Trinajstić information content (AvgIpc) is 3.64. The van der Waals surface area contributed by atoms with Gasteiger partial charge < -0.3 is 10.3 Å². The molecule has 0 aliphatic rings. The molecule has 6 rings (SSSR count). The molecule has 0 bridgehead atoms. The van der Waals surface area contributed by atoms with Crippen LogP contribution >= 0.6 is 11.3 Å². The first-order valence-corrected chi connectivity index (χ1v) is 12.7. The van der Waals surface area contributed by atoms with Gasteiger partial charge in [-0.15, -0.1) is 11.3 Å². The zero-order valence-electron chi connectivity index (χ0n) is 20.1. The van der Waals surface area contributed by atoms with Crippen LogP contribution in [0.4, 0.5) is 0 Å². The Kier molecular flexibility index (Phi) is 5.67. The number of hydrogen-bond acceptors (Lipinski definition) is 6. The van der Waals surface area contributed by atoms with Gasteiger partial charge in [0.15, 0.2) is 0 Å². The standard InChI is InChI=1S/C28H25N7S/c1-4-29-12-17-9-18(14-30-13-17)22-11-21-24(15-32-22)34-35-27(21)23-10-20-19(7-8-31-28(20)33-23)26-6-5-25(36-26)16(2)3/h5-11,13-15,29H,2,4,12H2,1,3H3,(H,31,33)(H,34,35). The van der Waals surface area contributed by atoms with Gasteiger partial charge in [0, 0.05) is 56.8 Å². The Balaban J connectivity index is 1.42. The van der Waals surface area contributed by atoms with Crippen molar-refractivity contribution in [2.45, 2.75) is 20.4 Å². The van der Waals surface area contributed by atoms with E-state index in [0.717, 1.165) is 74.4 Å². The molecule has 7 nitrogen and oxygen atoms in total. The van der Waals surface area contributed by atoms with E-state index in [9.17, 15) is 0 Å². The molecular weight excluding hydrogens is 466 g/mol. The molecule has 6 heterocycles. The van der Waals surface area contributed by atoms with E-state index in [0.29, 0.717) is 0 Å². The van der Waals surface area contributed by atoms with Gasteiger partial charge in [0.1, 0.15) is 11.3 Å². The van der Waals surface area contributed by atoms with Crippen molar-refractivity contribution in [1.29, 1.82) is 0 Å². The number of hydrogen-bond donors (Lipinski definition) is 3. The first kappa shape index (κ1) is 22.3. The maximum atomic E-state index is 4.66. The van der Waals surface area contributed by atoms with Crippen LogP contribution in [0.5, 0.6) is 0 Å². The van der Waals surface area contributed by atoms with Crippen LogP contribution in [-0.2, 0) is 6.54 Å². The Morgan fingerprint density at radius 3 is 2.81 bits per heavy atom. The topological polar surface area (TPSA) is 95.2 Å². The third-order valence-electron chi connectivity index (χ3n) is 6.20. The molecule has 0 saturated heterocycles. The van der Waals surface area contributed by atoms with Crippen LogP contribution in [0.1, 0.15) is 24.3 Å². The second-order valence-electron chi connectivity index (χ2n) is 8.80. The van der Waals surface area contributed by atoms with Crippen LogP contribution in [-0.4, -0.2) is 36.7 Å². The predicted molar refractivity (Wildman–Crippen MR) is 148 cm³/mol. The van der Waals surface area contributed by atoms with Crippen molar-refractivity contribution in [3.63, 3.8) is 0 Å². The van der Waals surface area contributed by atoms with Crippen LogP contribution < -0.4 is 5.32 Å². The molecule has 0 saturated carbocycles. The number of nitrogens with one attached hydrogen (secondary N) is 3. The minimum Gasteiger partial charge on any atom is -0.338 e. The quantitative estimate of drug-likeness (QED) is 0.239. The van der Waals surface area contributed by atoms with Crippen LogP contribution in [0.2, 0.25) is 0 Å². The number of allylic oxidation sites excluding steroid dienone is 1. The molecule has 3 N–H and O–H groups in total. The highest BCUT2D eigenvalue weighted by Gasteiger charge is 2.16. The maximum Gasteiger partial charge on any atom is 0.138 e. The molecule has 6 aromatic rings. The zero-order valence-corrected chi connectivity index (χ0v) is 20.9. The van der Waals surface area contributed by atoms with Crippen LogP contribution in [0.3, 0.4) is 0 Å². The Morgan fingerprint density at radius 1 is 1.06 bits per heavy atom. The van der Waals surface area contributed by atoms with E-state index >= 15 is 0 Å². The van der Waals surface area contributed by atoms with Gasteiger partial charge in [-0.25, -0.2) is 4.98 Å². The normalized spacial score (nSPS) is 11.5.